The molecule has 0 spiro atoms. The number of aliphatic hydroxyl groups excluding tert-OH is 7. The van der Waals surface area contributed by atoms with Crippen molar-refractivity contribution >= 4 is 29.7 Å². The molecule has 4 aliphatic heterocycles. The van der Waals surface area contributed by atoms with Crippen molar-refractivity contribution in [2.24, 2.45) is 0 Å². The number of aliphatic carboxylic acids is 2. The Labute approximate surface area is 329 Å². The first-order valence-corrected chi connectivity index (χ1v) is 17.8. The van der Waals surface area contributed by atoms with E-state index in [2.05, 4.69) is 17.2 Å². The molecule has 58 heavy (non-hydrogen) atoms. The van der Waals surface area contributed by atoms with Crippen LogP contribution in [0.2, 0.25) is 0 Å². The van der Waals surface area contributed by atoms with Gasteiger partial charge in [0.1, 0.15) is 85.9 Å². The Hall–Kier alpha value is -3.51. The number of rotatable bonds is 15. The zero-order valence-electron chi connectivity index (χ0n) is 31.5. The van der Waals surface area contributed by atoms with Crippen molar-refractivity contribution < 1.29 is 113 Å². The van der Waals surface area contributed by atoms with Crippen LogP contribution in [0, 0.1) is 0 Å². The van der Waals surface area contributed by atoms with Crippen LogP contribution in [0.5, 0.6) is 0 Å². The molecule has 0 aromatic heterocycles. The van der Waals surface area contributed by atoms with Gasteiger partial charge < -0.3 is 99.2 Å². The van der Waals surface area contributed by atoms with Gasteiger partial charge in [-0.15, -0.1) is 0 Å². The van der Waals surface area contributed by atoms with Crippen molar-refractivity contribution in [2.75, 3.05) is 20.3 Å². The van der Waals surface area contributed by atoms with E-state index in [0.717, 1.165) is 27.0 Å². The lowest BCUT2D eigenvalue weighted by atomic mass is 9.92. The van der Waals surface area contributed by atoms with Crippen molar-refractivity contribution in [1.29, 1.82) is 0 Å². The molecule has 0 aromatic rings. The summed E-state index contributed by atoms with van der Waals surface area (Å²) in [7, 11) is 1.04. The topological polar surface area (TPSA) is 375 Å². The molecular weight excluding hydrogens is 792 g/mol. The van der Waals surface area contributed by atoms with Gasteiger partial charge in [0.15, 0.2) is 31.1 Å². The molecule has 0 aromatic carbocycles. The third-order valence-corrected chi connectivity index (χ3v) is 9.84. The average Bonchev–Trinajstić information content (AvgIpc) is 3.16. The maximum atomic E-state index is 12.6. The van der Waals surface area contributed by atoms with Gasteiger partial charge in [-0.25, -0.2) is 14.4 Å². The second-order valence-electron chi connectivity index (χ2n) is 13.9. The fourth-order valence-electron chi connectivity index (χ4n) is 7.00. The summed E-state index contributed by atoms with van der Waals surface area (Å²) in [6, 6.07) is -2.94. The summed E-state index contributed by atoms with van der Waals surface area (Å²) in [5.74, 6) is -5.79. The second-order valence-corrected chi connectivity index (χ2v) is 13.9. The van der Waals surface area contributed by atoms with Crippen molar-refractivity contribution in [3.05, 3.63) is 12.7 Å². The molecular formula is C33H50N2O23. The van der Waals surface area contributed by atoms with Gasteiger partial charge in [0.2, 0.25) is 11.8 Å². The van der Waals surface area contributed by atoms with Crippen LogP contribution in [-0.2, 0) is 66.6 Å². The van der Waals surface area contributed by atoms with E-state index in [1.165, 1.54) is 6.92 Å². The van der Waals surface area contributed by atoms with Crippen LogP contribution in [0.4, 0.5) is 0 Å². The largest absolute Gasteiger partial charge is 0.479 e. The van der Waals surface area contributed by atoms with Crippen molar-refractivity contribution in [2.45, 2.75) is 143 Å². The maximum absolute atomic E-state index is 12.6. The molecule has 20 atom stereocenters. The van der Waals surface area contributed by atoms with Gasteiger partial charge in [-0.3, -0.25) is 9.59 Å². The lowest BCUT2D eigenvalue weighted by molar-refractivity contribution is -0.366. The van der Waals surface area contributed by atoms with Crippen LogP contribution in [-0.4, -0.2) is 219 Å². The predicted molar refractivity (Wildman–Crippen MR) is 180 cm³/mol. The first-order chi connectivity index (χ1) is 27.2. The summed E-state index contributed by atoms with van der Waals surface area (Å²) >= 11 is 0. The van der Waals surface area contributed by atoms with Gasteiger partial charge in [-0.1, -0.05) is 6.58 Å². The van der Waals surface area contributed by atoms with Crippen molar-refractivity contribution in [3.8, 4) is 0 Å². The molecule has 0 bridgehead atoms. The highest BCUT2D eigenvalue weighted by Gasteiger charge is 2.57. The van der Waals surface area contributed by atoms with Crippen LogP contribution in [0.1, 0.15) is 20.8 Å². The van der Waals surface area contributed by atoms with Gasteiger partial charge in [-0.2, -0.15) is 0 Å². The molecule has 0 saturated carbocycles. The number of nitrogens with one attached hydrogen (secondary N) is 2. The van der Waals surface area contributed by atoms with E-state index in [-0.39, 0.29) is 0 Å². The standard InChI is InChI=1S/C33H50N2O23/c1-6-14(39)51-8-13-18(41)23(15(9(2)52-13)34-10(3)37)54-33-22(45)20(43)26(28(58-33)30(48)49)56-31-16(35-11(4)38)24(17(40)12(7-36)53-31)55-32-21(44)19(42)25(50-5)27(57-32)29(46)47/h6,9,12-13,15-28,31-33,36,40-45H,1,7-8H2,2-5H3,(H,34,37)(H,35,38)(H,46,47)(H,48,49). The minimum absolute atomic E-state index is 0.529. The van der Waals surface area contributed by atoms with Crippen LogP contribution in [0.3, 0.4) is 0 Å². The smallest absolute Gasteiger partial charge is 0.335 e. The number of carbonyl (C=O) groups is 5. The molecule has 4 heterocycles. The normalized spacial score (nSPS) is 43.1. The SMILES string of the molecule is C=CC(=O)OCC1OC(C)C(NC(C)=O)C(OC2OC(C(=O)O)C(OC3OC(CO)C(O)C(OC4OC(C(=O)O)C(OC)C(O)C4O)C3NC(C)=O)C(O)C2O)C1O. The monoisotopic (exact) mass is 842 g/mol. The zero-order valence-corrected chi connectivity index (χ0v) is 31.5. The lowest BCUT2D eigenvalue weighted by Gasteiger charge is -2.50. The van der Waals surface area contributed by atoms with E-state index >= 15 is 0 Å². The van der Waals surface area contributed by atoms with E-state index in [4.69, 9.17) is 42.6 Å². The number of aliphatic hydroxyl groups is 7. The number of esters is 1. The molecule has 4 aliphatic rings. The van der Waals surface area contributed by atoms with Crippen LogP contribution in [0.15, 0.2) is 12.7 Å². The predicted octanol–water partition coefficient (Wildman–Crippen LogP) is -6.82. The molecule has 4 rings (SSSR count). The first-order valence-electron chi connectivity index (χ1n) is 17.8. The Balaban J connectivity index is 1.62. The number of hydrogen-bond acceptors (Lipinski definition) is 21. The second kappa shape index (κ2) is 20.2. The summed E-state index contributed by atoms with van der Waals surface area (Å²) in [5, 5.41) is 101. The van der Waals surface area contributed by atoms with E-state index in [9.17, 15) is 69.9 Å². The number of ether oxygens (including phenoxy) is 9. The van der Waals surface area contributed by atoms with E-state index in [1.54, 1.807) is 0 Å². The molecule has 25 nitrogen and oxygen atoms in total. The zero-order chi connectivity index (χ0) is 43.3. The third kappa shape index (κ3) is 10.4. The van der Waals surface area contributed by atoms with E-state index < -0.39 is 165 Å². The van der Waals surface area contributed by atoms with Crippen LogP contribution in [0.25, 0.3) is 0 Å². The molecule has 330 valence electrons. The Bertz CT molecular complexity index is 1470. The highest BCUT2D eigenvalue weighted by molar-refractivity contribution is 5.81. The summed E-state index contributed by atoms with van der Waals surface area (Å²) < 4.78 is 49.6. The minimum Gasteiger partial charge on any atom is -0.479 e. The number of amides is 2. The van der Waals surface area contributed by atoms with Gasteiger partial charge >= 0.3 is 17.9 Å². The van der Waals surface area contributed by atoms with Gasteiger partial charge in [0, 0.05) is 27.0 Å². The van der Waals surface area contributed by atoms with Gasteiger partial charge in [0.25, 0.3) is 0 Å². The van der Waals surface area contributed by atoms with Crippen molar-refractivity contribution in [1.82, 2.24) is 10.6 Å². The summed E-state index contributed by atoms with van der Waals surface area (Å²) in [5.41, 5.74) is 0. The first kappa shape index (κ1) is 47.2. The van der Waals surface area contributed by atoms with E-state index in [0.29, 0.717) is 0 Å². The molecule has 0 aliphatic carbocycles. The minimum atomic E-state index is -2.26. The number of hydrogen-bond donors (Lipinski definition) is 11. The maximum Gasteiger partial charge on any atom is 0.335 e. The molecule has 4 fully saturated rings. The molecule has 2 amide bonds. The Morgan fingerprint density at radius 3 is 1.59 bits per heavy atom. The van der Waals surface area contributed by atoms with Crippen molar-refractivity contribution in [3.63, 3.8) is 0 Å². The highest BCUT2D eigenvalue weighted by atomic mass is 16.8. The number of methoxy groups -OCH3 is 1. The third-order valence-electron chi connectivity index (χ3n) is 9.84. The Morgan fingerprint density at radius 2 is 1.10 bits per heavy atom. The number of carboxylic acids is 2. The fourth-order valence-corrected chi connectivity index (χ4v) is 7.00. The quantitative estimate of drug-likeness (QED) is 0.0539. The molecule has 11 N–H and O–H groups in total. The lowest BCUT2D eigenvalue weighted by Crippen LogP contribution is -2.70. The highest BCUT2D eigenvalue weighted by Crippen LogP contribution is 2.35. The number of carboxylic acid groups (broad SMARTS) is 2. The molecule has 25 heteroatoms. The molecule has 4 saturated heterocycles. The van der Waals surface area contributed by atoms with Crippen LogP contribution >= 0.6 is 0 Å². The Morgan fingerprint density at radius 1 is 0.638 bits per heavy atom. The fraction of sp³-hybridized carbons (Fsp3) is 0.788. The summed E-state index contributed by atoms with van der Waals surface area (Å²) in [6.45, 7) is 5.35. The summed E-state index contributed by atoms with van der Waals surface area (Å²) in [4.78, 5) is 60.7. The average molecular weight is 843 g/mol. The molecule has 0 radical (unpaired) electrons. The van der Waals surface area contributed by atoms with Crippen LogP contribution < -0.4 is 10.6 Å². The van der Waals surface area contributed by atoms with Gasteiger partial charge in [-0.05, 0) is 6.92 Å². The Kier molecular flexibility index (Phi) is 16.4. The van der Waals surface area contributed by atoms with E-state index in [1.807, 2.05) is 0 Å². The molecule has 20 unspecified atom stereocenters. The van der Waals surface area contributed by atoms with Gasteiger partial charge in [0.05, 0.1) is 18.8 Å². The summed E-state index contributed by atoms with van der Waals surface area (Å²) in [6.07, 6.45) is -32.6. The number of carbonyl (C=O) groups excluding carboxylic acids is 3.